The van der Waals surface area contributed by atoms with Crippen molar-refractivity contribution in [3.05, 3.63) is 276 Å². The molecule has 9 aromatic carbocycles. The number of aromatic nitrogens is 2. The number of rotatable bonds is 9. The van der Waals surface area contributed by atoms with Crippen LogP contribution < -0.4 is 14.5 Å². The first-order valence-electron chi connectivity index (χ1n) is 28.2. The van der Waals surface area contributed by atoms with Crippen LogP contribution in [0.15, 0.2) is 237 Å². The Morgan fingerprint density at radius 3 is 1.60 bits per heavy atom. The Balaban J connectivity index is 1.01. The summed E-state index contributed by atoms with van der Waals surface area (Å²) in [7, 11) is 0. The standard InChI is InChI=1S/C75H68N4O/c1-72(2,3)52-32-34-53(35-33-52)75(66-29-19-16-26-60(66)61-27-17-20-30-67(61)75)56-42-57(77-40-41-78(49-77)71-64(50-22-12-10-13-23-50)44-55(74(7,8)9)45-65(71)51-24-14-11-15-25-51)47-59(43-56)80-58-36-37-63-62-28-18-21-31-68(62)79(69(63)48-58)70-46-54(38-39-76-70)73(4,5)6/h10-48H,49H2,1-9H3. The van der Waals surface area contributed by atoms with Crippen LogP contribution in [0.4, 0.5) is 11.4 Å². The van der Waals surface area contributed by atoms with Gasteiger partial charge in [0.25, 0.3) is 0 Å². The molecule has 1 aliphatic heterocycles. The third-order valence-electron chi connectivity index (χ3n) is 16.7. The number of pyridine rings is 1. The van der Waals surface area contributed by atoms with Crippen LogP contribution >= 0.6 is 0 Å². The van der Waals surface area contributed by atoms with Crippen molar-refractivity contribution in [1.82, 2.24) is 9.55 Å². The van der Waals surface area contributed by atoms with Gasteiger partial charge in [0.15, 0.2) is 0 Å². The van der Waals surface area contributed by atoms with Gasteiger partial charge in [0.1, 0.15) is 17.3 Å². The molecule has 0 atom stereocenters. The minimum atomic E-state index is -0.690. The van der Waals surface area contributed by atoms with Gasteiger partial charge in [-0.15, -0.1) is 0 Å². The molecule has 5 heteroatoms. The molecule has 0 amide bonds. The van der Waals surface area contributed by atoms with Gasteiger partial charge in [0.05, 0.1) is 28.8 Å². The second-order valence-corrected chi connectivity index (χ2v) is 25.0. The summed E-state index contributed by atoms with van der Waals surface area (Å²) in [4.78, 5) is 9.82. The summed E-state index contributed by atoms with van der Waals surface area (Å²) in [5.41, 5.74) is 19.4. The SMILES string of the molecule is CC(C)(C)c1ccc(C2(c3cc(Oc4ccc5c6ccccc6n(-c6cc(C(C)(C)C)ccn6)c5c4)cc(N4C=CN(c5c(-c6ccccc6)cc(C(C)(C)C)cc5-c5ccccc5)C4)c3)c3ccccc3-c3ccccc32)cc1. The number of anilines is 2. The van der Waals surface area contributed by atoms with Crippen LogP contribution in [0.3, 0.4) is 0 Å². The molecule has 0 saturated heterocycles. The van der Waals surface area contributed by atoms with Crippen molar-refractivity contribution in [2.75, 3.05) is 16.5 Å². The van der Waals surface area contributed by atoms with E-state index in [-0.39, 0.29) is 16.2 Å². The number of hydrogen-bond donors (Lipinski definition) is 0. The van der Waals surface area contributed by atoms with Crippen molar-refractivity contribution in [1.29, 1.82) is 0 Å². The van der Waals surface area contributed by atoms with Crippen molar-refractivity contribution < 1.29 is 4.74 Å². The smallest absolute Gasteiger partial charge is 0.137 e. The average molecular weight is 1040 g/mol. The van der Waals surface area contributed by atoms with E-state index in [1.165, 1.54) is 77.8 Å². The fourth-order valence-corrected chi connectivity index (χ4v) is 12.5. The van der Waals surface area contributed by atoms with Gasteiger partial charge >= 0.3 is 0 Å². The zero-order chi connectivity index (χ0) is 55.1. The minimum Gasteiger partial charge on any atom is -0.457 e. The molecule has 3 heterocycles. The molecule has 0 radical (unpaired) electrons. The summed E-state index contributed by atoms with van der Waals surface area (Å²) in [5, 5.41) is 2.31. The molecule has 80 heavy (non-hydrogen) atoms. The molecule has 0 fully saturated rings. The highest BCUT2D eigenvalue weighted by molar-refractivity contribution is 6.09. The van der Waals surface area contributed by atoms with Gasteiger partial charge in [-0.1, -0.05) is 214 Å². The summed E-state index contributed by atoms with van der Waals surface area (Å²) in [6, 6.07) is 80.5. The van der Waals surface area contributed by atoms with Gasteiger partial charge in [0, 0.05) is 58.3 Å². The molecule has 11 aromatic rings. The zero-order valence-electron chi connectivity index (χ0n) is 47.4. The van der Waals surface area contributed by atoms with Crippen LogP contribution in [0.2, 0.25) is 0 Å². The first-order valence-corrected chi connectivity index (χ1v) is 28.2. The predicted octanol–water partition coefficient (Wildman–Crippen LogP) is 19.3. The summed E-state index contributed by atoms with van der Waals surface area (Å²) < 4.78 is 9.68. The monoisotopic (exact) mass is 1040 g/mol. The molecule has 2 aromatic heterocycles. The second-order valence-electron chi connectivity index (χ2n) is 25.0. The Morgan fingerprint density at radius 2 is 0.975 bits per heavy atom. The van der Waals surface area contributed by atoms with E-state index in [1.54, 1.807) is 0 Å². The molecule has 2 aliphatic rings. The minimum absolute atomic E-state index is 0.0157. The third-order valence-corrected chi connectivity index (χ3v) is 16.7. The number of hydrogen-bond acceptors (Lipinski definition) is 4. The highest BCUT2D eigenvalue weighted by Crippen LogP contribution is 2.57. The van der Waals surface area contributed by atoms with E-state index in [1.807, 2.05) is 6.20 Å². The number of fused-ring (bicyclic) bond motifs is 6. The Morgan fingerprint density at radius 1 is 0.412 bits per heavy atom. The second kappa shape index (κ2) is 19.2. The number of nitrogens with zero attached hydrogens (tertiary/aromatic N) is 4. The molecular weight excluding hydrogens is 973 g/mol. The first kappa shape index (κ1) is 50.6. The molecular formula is C75H68N4O. The lowest BCUT2D eigenvalue weighted by Gasteiger charge is -2.35. The van der Waals surface area contributed by atoms with Crippen LogP contribution in [0.25, 0.3) is 61.0 Å². The van der Waals surface area contributed by atoms with Crippen LogP contribution in [-0.2, 0) is 21.7 Å². The fraction of sp³-hybridized carbons (Fsp3) is 0.187. The summed E-state index contributed by atoms with van der Waals surface area (Å²) >= 11 is 0. The number of benzene rings is 9. The molecule has 0 bridgehead atoms. The lowest BCUT2D eigenvalue weighted by atomic mass is 9.67. The van der Waals surface area contributed by atoms with Crippen molar-refractivity contribution in [2.45, 2.75) is 84.0 Å². The third kappa shape index (κ3) is 8.68. The van der Waals surface area contributed by atoms with Crippen molar-refractivity contribution >= 4 is 33.2 Å². The van der Waals surface area contributed by atoms with Crippen LogP contribution in [0.1, 0.15) is 101 Å². The maximum absolute atomic E-state index is 7.38. The highest BCUT2D eigenvalue weighted by atomic mass is 16.5. The molecule has 0 N–H and O–H groups in total. The van der Waals surface area contributed by atoms with E-state index in [2.05, 4.69) is 307 Å². The quantitative estimate of drug-likeness (QED) is 0.144. The first-order chi connectivity index (χ1) is 38.5. The lowest BCUT2D eigenvalue weighted by molar-refractivity contribution is 0.482. The molecule has 1 aliphatic carbocycles. The van der Waals surface area contributed by atoms with Gasteiger partial charge < -0.3 is 14.5 Å². The highest BCUT2D eigenvalue weighted by Gasteiger charge is 2.47. The van der Waals surface area contributed by atoms with Gasteiger partial charge in [-0.05, 0) is 132 Å². The molecule has 5 nitrogen and oxygen atoms in total. The molecule has 394 valence electrons. The maximum Gasteiger partial charge on any atom is 0.137 e. The maximum atomic E-state index is 7.38. The molecule has 13 rings (SSSR count). The van der Waals surface area contributed by atoms with E-state index in [0.29, 0.717) is 6.67 Å². The summed E-state index contributed by atoms with van der Waals surface area (Å²) in [6.07, 6.45) is 6.44. The number of para-hydroxylation sites is 1. The van der Waals surface area contributed by atoms with E-state index in [9.17, 15) is 0 Å². The largest absolute Gasteiger partial charge is 0.457 e. The Kier molecular flexibility index (Phi) is 12.1. The van der Waals surface area contributed by atoms with E-state index in [0.717, 1.165) is 45.0 Å². The van der Waals surface area contributed by atoms with Crippen LogP contribution in [-0.4, -0.2) is 16.2 Å². The average Bonchev–Trinajstić information content (AvgIpc) is 4.33. The van der Waals surface area contributed by atoms with Gasteiger partial charge in [-0.25, -0.2) is 4.98 Å². The summed E-state index contributed by atoms with van der Waals surface area (Å²) in [5.74, 6) is 2.37. The van der Waals surface area contributed by atoms with Crippen LogP contribution in [0.5, 0.6) is 11.5 Å². The fourth-order valence-electron chi connectivity index (χ4n) is 12.5. The van der Waals surface area contributed by atoms with E-state index >= 15 is 0 Å². The topological polar surface area (TPSA) is 33.5 Å². The van der Waals surface area contributed by atoms with Crippen molar-refractivity contribution in [3.63, 3.8) is 0 Å². The Hall–Kier alpha value is -8.93. The van der Waals surface area contributed by atoms with Crippen molar-refractivity contribution in [3.8, 4) is 50.7 Å². The van der Waals surface area contributed by atoms with Gasteiger partial charge in [-0.3, -0.25) is 4.57 Å². The molecule has 0 unspecified atom stereocenters. The van der Waals surface area contributed by atoms with Gasteiger partial charge in [-0.2, -0.15) is 0 Å². The Labute approximate surface area is 472 Å². The molecule has 0 saturated carbocycles. The lowest BCUT2D eigenvalue weighted by Crippen LogP contribution is -2.30. The zero-order valence-corrected chi connectivity index (χ0v) is 47.4. The predicted molar refractivity (Wildman–Crippen MR) is 335 cm³/mol. The van der Waals surface area contributed by atoms with E-state index in [4.69, 9.17) is 9.72 Å². The Bertz CT molecular complexity index is 4080. The summed E-state index contributed by atoms with van der Waals surface area (Å²) in [6.45, 7) is 21.1. The van der Waals surface area contributed by atoms with Crippen molar-refractivity contribution in [2.24, 2.45) is 0 Å². The number of ether oxygens (including phenoxy) is 1. The van der Waals surface area contributed by atoms with E-state index < -0.39 is 5.41 Å². The normalized spacial score (nSPS) is 14.0. The van der Waals surface area contributed by atoms with Gasteiger partial charge in [0.2, 0.25) is 0 Å². The molecule has 0 spiro atoms. The van der Waals surface area contributed by atoms with Crippen LogP contribution in [0, 0.1) is 0 Å².